The smallest absolute Gasteiger partial charge is 0.417 e. The van der Waals surface area contributed by atoms with E-state index < -0.39 is 12.2 Å². The van der Waals surface area contributed by atoms with Gasteiger partial charge in [0.05, 0.1) is 12.1 Å². The molecule has 0 aliphatic carbocycles. The molecule has 0 spiro atoms. The van der Waals surface area contributed by atoms with Gasteiger partial charge >= 0.3 is 6.09 Å². The van der Waals surface area contributed by atoms with Crippen LogP contribution in [0.4, 0.5) is 4.79 Å². The third-order valence-electron chi connectivity index (χ3n) is 3.88. The molecule has 1 rings (SSSR count). The lowest BCUT2D eigenvalue weighted by Gasteiger charge is -2.23. The van der Waals surface area contributed by atoms with Crippen LogP contribution in [0, 0.1) is 11.8 Å². The van der Waals surface area contributed by atoms with Crippen LogP contribution in [0.25, 0.3) is 0 Å². The van der Waals surface area contributed by atoms with Crippen LogP contribution in [-0.2, 0) is 9.53 Å². The summed E-state index contributed by atoms with van der Waals surface area (Å²) in [5.41, 5.74) is 1.20. The van der Waals surface area contributed by atoms with Crippen LogP contribution in [0.1, 0.15) is 34.6 Å². The number of hydrogen-bond donors (Lipinski definition) is 1. The summed E-state index contributed by atoms with van der Waals surface area (Å²) in [4.78, 5) is 27.2. The summed E-state index contributed by atoms with van der Waals surface area (Å²) < 4.78 is 4.99. The number of rotatable bonds is 5. The lowest BCUT2D eigenvalue weighted by molar-refractivity contribution is -0.125. The number of imide groups is 1. The lowest BCUT2D eigenvalue weighted by Crippen LogP contribution is -2.42. The minimum atomic E-state index is -0.687. The molecule has 0 aromatic carbocycles. The van der Waals surface area contributed by atoms with Gasteiger partial charge in [0.15, 0.2) is 0 Å². The molecule has 1 aliphatic rings. The number of cyclic esters (lactones) is 1. The first-order valence-corrected chi connectivity index (χ1v) is 8.25. The van der Waals surface area contributed by atoms with Crippen molar-refractivity contribution in [2.45, 2.75) is 46.8 Å². The first-order valence-electron chi connectivity index (χ1n) is 7.34. The number of aliphatic hydroxyl groups is 1. The predicted octanol–water partition coefficient (Wildman–Crippen LogP) is 3.23. The van der Waals surface area contributed by atoms with Crippen LogP contribution in [-0.4, -0.2) is 40.8 Å². The van der Waals surface area contributed by atoms with Crippen LogP contribution in [0.2, 0.25) is 0 Å². The highest BCUT2D eigenvalue weighted by Gasteiger charge is 2.39. The molecule has 0 aromatic rings. The Labute approximate surface area is 140 Å². The number of halogens is 1. The third-order valence-corrected chi connectivity index (χ3v) is 4.60. The molecule has 1 aliphatic heterocycles. The fourth-order valence-corrected chi connectivity index (χ4v) is 2.66. The van der Waals surface area contributed by atoms with Gasteiger partial charge in [-0.3, -0.25) is 4.79 Å². The van der Waals surface area contributed by atoms with Crippen molar-refractivity contribution in [3.63, 3.8) is 0 Å². The van der Waals surface area contributed by atoms with Crippen molar-refractivity contribution < 1.29 is 19.4 Å². The van der Waals surface area contributed by atoms with E-state index in [4.69, 9.17) is 4.74 Å². The number of aliphatic hydroxyl groups excluding tert-OH is 1. The van der Waals surface area contributed by atoms with Crippen molar-refractivity contribution in [3.05, 3.63) is 22.2 Å². The molecule has 1 N–H and O–H groups in total. The number of carbonyl (C=O) groups excluding carboxylic acids is 2. The SMILES string of the molecule is C/C(=C\[C@@H](C)[C@@H](O)/C(C)=C/Br)C(=O)N1C(=O)OC[C@H]1C(C)C. The summed E-state index contributed by atoms with van der Waals surface area (Å²) >= 11 is 3.19. The van der Waals surface area contributed by atoms with Crippen LogP contribution in [0.3, 0.4) is 0 Å². The second kappa shape index (κ2) is 7.92. The van der Waals surface area contributed by atoms with E-state index in [1.54, 1.807) is 24.9 Å². The third kappa shape index (κ3) is 4.20. The number of ether oxygens (including phenoxy) is 1. The van der Waals surface area contributed by atoms with Gasteiger partial charge in [-0.2, -0.15) is 0 Å². The fourth-order valence-electron chi connectivity index (χ4n) is 2.39. The van der Waals surface area contributed by atoms with E-state index in [0.29, 0.717) is 5.57 Å². The zero-order chi connectivity index (χ0) is 17.0. The van der Waals surface area contributed by atoms with E-state index in [0.717, 1.165) is 5.57 Å². The molecule has 0 saturated carbocycles. The van der Waals surface area contributed by atoms with Gasteiger partial charge in [-0.05, 0) is 30.3 Å². The van der Waals surface area contributed by atoms with E-state index in [2.05, 4.69) is 15.9 Å². The van der Waals surface area contributed by atoms with Crippen LogP contribution >= 0.6 is 15.9 Å². The van der Waals surface area contributed by atoms with Crippen molar-refractivity contribution >= 4 is 27.9 Å². The minimum Gasteiger partial charge on any atom is -0.447 e. The van der Waals surface area contributed by atoms with Gasteiger partial charge in [0.2, 0.25) is 0 Å². The van der Waals surface area contributed by atoms with E-state index >= 15 is 0 Å². The summed E-state index contributed by atoms with van der Waals surface area (Å²) in [6, 6.07) is -0.243. The van der Waals surface area contributed by atoms with Crippen LogP contribution < -0.4 is 0 Å². The number of hydrogen-bond acceptors (Lipinski definition) is 4. The van der Waals surface area contributed by atoms with E-state index in [-0.39, 0.29) is 30.4 Å². The van der Waals surface area contributed by atoms with Crippen molar-refractivity contribution in [1.82, 2.24) is 4.90 Å². The predicted molar refractivity (Wildman–Crippen MR) is 88.4 cm³/mol. The summed E-state index contributed by atoms with van der Waals surface area (Å²) in [5, 5.41) is 10.1. The van der Waals surface area contributed by atoms with Gasteiger partial charge in [-0.15, -0.1) is 0 Å². The van der Waals surface area contributed by atoms with Crippen molar-refractivity contribution in [2.75, 3.05) is 6.61 Å². The molecule has 0 radical (unpaired) electrons. The Morgan fingerprint density at radius 2 is 2.00 bits per heavy atom. The van der Waals surface area contributed by atoms with Gasteiger partial charge in [-0.1, -0.05) is 42.8 Å². The molecule has 2 amide bonds. The van der Waals surface area contributed by atoms with E-state index in [1.165, 1.54) is 4.90 Å². The number of amides is 2. The molecular weight excluding hydrogens is 350 g/mol. The molecule has 124 valence electrons. The van der Waals surface area contributed by atoms with Crippen molar-refractivity contribution in [1.29, 1.82) is 0 Å². The molecule has 22 heavy (non-hydrogen) atoms. The zero-order valence-electron chi connectivity index (χ0n) is 13.7. The van der Waals surface area contributed by atoms with Crippen LogP contribution in [0.15, 0.2) is 22.2 Å². The molecule has 1 saturated heterocycles. The first kappa shape index (κ1) is 18.9. The Bertz CT molecular complexity index is 498. The maximum atomic E-state index is 12.5. The van der Waals surface area contributed by atoms with Gasteiger partial charge in [0.1, 0.15) is 6.61 Å². The highest BCUT2D eigenvalue weighted by atomic mass is 79.9. The largest absolute Gasteiger partial charge is 0.447 e. The van der Waals surface area contributed by atoms with E-state index in [1.807, 2.05) is 20.8 Å². The summed E-state index contributed by atoms with van der Waals surface area (Å²) in [5.74, 6) is -0.473. The Kier molecular flexibility index (Phi) is 6.81. The number of carbonyl (C=O) groups is 2. The molecule has 1 heterocycles. The van der Waals surface area contributed by atoms with E-state index in [9.17, 15) is 14.7 Å². The molecule has 6 heteroatoms. The molecular formula is C16H24BrNO4. The van der Waals surface area contributed by atoms with Crippen molar-refractivity contribution in [2.24, 2.45) is 11.8 Å². The topological polar surface area (TPSA) is 66.8 Å². The normalized spacial score (nSPS) is 22.8. The van der Waals surface area contributed by atoms with Crippen molar-refractivity contribution in [3.8, 4) is 0 Å². The first-order chi connectivity index (χ1) is 10.2. The summed E-state index contributed by atoms with van der Waals surface area (Å²) in [7, 11) is 0. The Morgan fingerprint density at radius 3 is 2.50 bits per heavy atom. The standard InChI is InChI=1S/C16H24BrNO4/c1-9(2)13-8-22-16(21)18(13)15(20)11(4)6-10(3)14(19)12(5)7-17/h6-7,9-10,13-14,19H,8H2,1-5H3/b11-6+,12-7+/t10-,13+,14-/m1/s1. The number of nitrogens with zero attached hydrogens (tertiary/aromatic N) is 1. The summed E-state index contributed by atoms with van der Waals surface area (Å²) in [6.45, 7) is 9.41. The molecule has 0 aromatic heterocycles. The molecule has 1 fully saturated rings. The zero-order valence-corrected chi connectivity index (χ0v) is 15.3. The second-order valence-electron chi connectivity index (χ2n) is 6.07. The molecule has 5 nitrogen and oxygen atoms in total. The van der Waals surface area contributed by atoms with Gasteiger partial charge in [0.25, 0.3) is 5.91 Å². The Balaban J connectivity index is 2.91. The summed E-state index contributed by atoms with van der Waals surface area (Å²) in [6.07, 6.45) is 0.408. The van der Waals surface area contributed by atoms with Gasteiger partial charge in [0, 0.05) is 11.5 Å². The fraction of sp³-hybridized carbons (Fsp3) is 0.625. The average molecular weight is 374 g/mol. The minimum absolute atomic E-state index is 0.129. The molecule has 0 unspecified atom stereocenters. The quantitative estimate of drug-likeness (QED) is 0.751. The maximum absolute atomic E-state index is 12.5. The van der Waals surface area contributed by atoms with Gasteiger partial charge < -0.3 is 9.84 Å². The monoisotopic (exact) mass is 373 g/mol. The average Bonchev–Trinajstić information content (AvgIpc) is 2.86. The second-order valence-corrected chi connectivity index (χ2v) is 6.53. The lowest BCUT2D eigenvalue weighted by atomic mass is 9.96. The Hall–Kier alpha value is -1.14. The highest BCUT2D eigenvalue weighted by molar-refractivity contribution is 9.11. The molecule has 3 atom stereocenters. The van der Waals surface area contributed by atoms with Gasteiger partial charge in [-0.25, -0.2) is 9.69 Å². The highest BCUT2D eigenvalue weighted by Crippen LogP contribution is 2.23. The Morgan fingerprint density at radius 1 is 1.41 bits per heavy atom. The molecule has 0 bridgehead atoms. The van der Waals surface area contributed by atoms with Crippen LogP contribution in [0.5, 0.6) is 0 Å². The maximum Gasteiger partial charge on any atom is 0.417 e.